The van der Waals surface area contributed by atoms with Crippen molar-refractivity contribution in [3.05, 3.63) is 23.4 Å². The smallest absolute Gasteiger partial charge is 0.421 e. The first-order valence-corrected chi connectivity index (χ1v) is 7.80. The Hall–Kier alpha value is -1.63. The molecule has 126 valence electrons. The lowest BCUT2D eigenvalue weighted by Crippen LogP contribution is -2.50. The van der Waals surface area contributed by atoms with Crippen LogP contribution in [0.4, 0.5) is 13.2 Å². The Labute approximate surface area is 132 Å². The van der Waals surface area contributed by atoms with Crippen LogP contribution < -0.4 is 10.1 Å². The first kappa shape index (κ1) is 16.2. The summed E-state index contributed by atoms with van der Waals surface area (Å²) in [6, 6.07) is 1.46. The van der Waals surface area contributed by atoms with E-state index in [-0.39, 0.29) is 17.3 Å². The van der Waals surface area contributed by atoms with Gasteiger partial charge in [-0.25, -0.2) is 4.98 Å². The summed E-state index contributed by atoms with van der Waals surface area (Å²) in [5.41, 5.74) is -0.983. The highest BCUT2D eigenvalue weighted by Gasteiger charge is 2.38. The lowest BCUT2D eigenvalue weighted by atomic mass is 9.77. The second kappa shape index (κ2) is 6.11. The number of ketones is 1. The number of hydrogen-bond donors (Lipinski definition) is 1. The molecule has 0 aromatic carbocycles. The number of fused-ring (bicyclic) bond motifs is 2. The van der Waals surface area contributed by atoms with Crippen molar-refractivity contribution in [1.82, 2.24) is 10.3 Å². The van der Waals surface area contributed by atoms with E-state index >= 15 is 0 Å². The van der Waals surface area contributed by atoms with E-state index in [9.17, 15) is 18.0 Å². The van der Waals surface area contributed by atoms with Crippen LogP contribution in [0.2, 0.25) is 0 Å². The number of methoxy groups -OCH3 is 1. The Morgan fingerprint density at radius 2 is 1.96 bits per heavy atom. The number of carbonyl (C=O) groups is 1. The van der Waals surface area contributed by atoms with Crippen LogP contribution in [-0.2, 0) is 6.18 Å². The monoisotopic (exact) mass is 328 g/mol. The molecule has 23 heavy (non-hydrogen) atoms. The van der Waals surface area contributed by atoms with Gasteiger partial charge in [0.1, 0.15) is 5.56 Å². The molecule has 2 saturated heterocycles. The van der Waals surface area contributed by atoms with Gasteiger partial charge in [0, 0.05) is 29.8 Å². The van der Waals surface area contributed by atoms with Crippen LogP contribution in [0.5, 0.6) is 5.88 Å². The van der Waals surface area contributed by atoms with E-state index < -0.39 is 17.6 Å². The fraction of sp³-hybridized carbons (Fsp3) is 0.625. The molecule has 2 unspecified atom stereocenters. The number of aromatic nitrogens is 1. The van der Waals surface area contributed by atoms with Gasteiger partial charge >= 0.3 is 6.18 Å². The number of nitrogens with one attached hydrogen (secondary N) is 1. The van der Waals surface area contributed by atoms with Crippen molar-refractivity contribution in [3.63, 3.8) is 0 Å². The Kier molecular flexibility index (Phi) is 4.31. The number of pyridine rings is 1. The van der Waals surface area contributed by atoms with E-state index in [2.05, 4.69) is 15.0 Å². The highest BCUT2D eigenvalue weighted by Crippen LogP contribution is 2.37. The summed E-state index contributed by atoms with van der Waals surface area (Å²) < 4.78 is 43.9. The van der Waals surface area contributed by atoms with Gasteiger partial charge in [-0.1, -0.05) is 6.42 Å². The van der Waals surface area contributed by atoms with Crippen molar-refractivity contribution < 1.29 is 22.7 Å². The number of piperidine rings is 2. The SMILES string of the molecule is COc1ncc(C(=O)C2CC3CCCC(C2)N3)cc1C(F)(F)F. The molecule has 4 nitrogen and oxygen atoms in total. The average Bonchev–Trinajstić information content (AvgIpc) is 2.52. The molecule has 2 atom stereocenters. The molecule has 3 heterocycles. The minimum atomic E-state index is -4.60. The zero-order valence-electron chi connectivity index (χ0n) is 12.8. The zero-order chi connectivity index (χ0) is 16.6. The quantitative estimate of drug-likeness (QED) is 0.866. The Morgan fingerprint density at radius 3 is 2.52 bits per heavy atom. The van der Waals surface area contributed by atoms with Crippen LogP contribution in [-0.4, -0.2) is 30.0 Å². The first-order valence-electron chi connectivity index (χ1n) is 7.80. The molecule has 1 N–H and O–H groups in total. The summed E-state index contributed by atoms with van der Waals surface area (Å²) in [4.78, 5) is 16.3. The Balaban J connectivity index is 1.85. The molecule has 1 aromatic heterocycles. The minimum absolute atomic E-state index is 0.0168. The molecule has 7 heteroatoms. The van der Waals surface area contributed by atoms with Crippen molar-refractivity contribution in [2.75, 3.05) is 7.11 Å². The third-order valence-corrected chi connectivity index (χ3v) is 4.72. The van der Waals surface area contributed by atoms with Gasteiger partial charge in [0.05, 0.1) is 7.11 Å². The molecule has 0 amide bonds. The maximum atomic E-state index is 13.1. The van der Waals surface area contributed by atoms with Crippen LogP contribution in [0.15, 0.2) is 12.3 Å². The molecule has 2 aliphatic heterocycles. The third kappa shape index (κ3) is 3.34. The lowest BCUT2D eigenvalue weighted by Gasteiger charge is -2.39. The van der Waals surface area contributed by atoms with Crippen molar-refractivity contribution in [2.45, 2.75) is 50.4 Å². The van der Waals surface area contributed by atoms with Gasteiger partial charge < -0.3 is 10.1 Å². The molecule has 0 aliphatic carbocycles. The number of halogens is 3. The summed E-state index contributed by atoms with van der Waals surface area (Å²) in [6.45, 7) is 0. The van der Waals surface area contributed by atoms with Crippen molar-refractivity contribution in [2.24, 2.45) is 5.92 Å². The molecular formula is C16H19F3N2O2. The predicted molar refractivity (Wildman–Crippen MR) is 77.4 cm³/mol. The largest absolute Gasteiger partial charge is 0.481 e. The summed E-state index contributed by atoms with van der Waals surface area (Å²) in [7, 11) is 1.13. The summed E-state index contributed by atoms with van der Waals surface area (Å²) >= 11 is 0. The third-order valence-electron chi connectivity index (χ3n) is 4.72. The summed E-state index contributed by atoms with van der Waals surface area (Å²) in [5, 5.41) is 3.48. The first-order chi connectivity index (χ1) is 10.9. The fourth-order valence-corrected chi connectivity index (χ4v) is 3.67. The summed E-state index contributed by atoms with van der Waals surface area (Å²) in [6.07, 6.45) is 1.15. The van der Waals surface area contributed by atoms with Crippen LogP contribution in [0.25, 0.3) is 0 Å². The molecule has 3 rings (SSSR count). The summed E-state index contributed by atoms with van der Waals surface area (Å²) in [5.74, 6) is -0.983. The van der Waals surface area contributed by atoms with Crippen LogP contribution in [0.3, 0.4) is 0 Å². The number of hydrogen-bond acceptors (Lipinski definition) is 4. The second-order valence-electron chi connectivity index (χ2n) is 6.30. The highest BCUT2D eigenvalue weighted by atomic mass is 19.4. The molecule has 2 fully saturated rings. The van der Waals surface area contributed by atoms with Crippen LogP contribution in [0.1, 0.15) is 48.0 Å². The molecule has 2 bridgehead atoms. The molecular weight excluding hydrogens is 309 g/mol. The molecule has 0 spiro atoms. The van der Waals surface area contributed by atoms with Crippen molar-refractivity contribution in [3.8, 4) is 5.88 Å². The minimum Gasteiger partial charge on any atom is -0.481 e. The van der Waals surface area contributed by atoms with E-state index in [1.165, 1.54) is 6.20 Å². The molecule has 0 saturated carbocycles. The van der Waals surface area contributed by atoms with Gasteiger partial charge in [0.15, 0.2) is 5.78 Å². The average molecular weight is 328 g/mol. The second-order valence-corrected chi connectivity index (χ2v) is 6.30. The predicted octanol–water partition coefficient (Wildman–Crippen LogP) is 3.21. The van der Waals surface area contributed by atoms with Crippen LogP contribution >= 0.6 is 0 Å². The number of ether oxygens (including phenoxy) is 1. The lowest BCUT2D eigenvalue weighted by molar-refractivity contribution is -0.139. The van der Waals surface area contributed by atoms with Gasteiger partial charge in [-0.15, -0.1) is 0 Å². The van der Waals surface area contributed by atoms with E-state index in [1.54, 1.807) is 0 Å². The van der Waals surface area contributed by atoms with E-state index in [0.717, 1.165) is 32.4 Å². The van der Waals surface area contributed by atoms with Crippen molar-refractivity contribution in [1.29, 1.82) is 0 Å². The van der Waals surface area contributed by atoms with E-state index in [1.807, 2.05) is 0 Å². The normalized spacial score (nSPS) is 27.6. The molecule has 0 radical (unpaired) electrons. The Morgan fingerprint density at radius 1 is 1.30 bits per heavy atom. The zero-order valence-corrected chi connectivity index (χ0v) is 12.8. The number of rotatable bonds is 3. The fourth-order valence-electron chi connectivity index (χ4n) is 3.67. The number of Topliss-reactive ketones (excluding diaryl/α,β-unsaturated/α-hetero) is 1. The number of nitrogens with zero attached hydrogens (tertiary/aromatic N) is 1. The highest BCUT2D eigenvalue weighted by molar-refractivity contribution is 5.98. The van der Waals surface area contributed by atoms with E-state index in [0.29, 0.717) is 24.9 Å². The van der Waals surface area contributed by atoms with E-state index in [4.69, 9.17) is 0 Å². The van der Waals surface area contributed by atoms with Crippen molar-refractivity contribution >= 4 is 5.78 Å². The standard InChI is InChI=1S/C16H19F3N2O2/c1-23-15-13(16(17,18)19)7-10(8-20-15)14(22)9-5-11-3-2-4-12(6-9)21-11/h7-9,11-12,21H,2-6H2,1H3. The van der Waals surface area contributed by atoms with Gasteiger partial charge in [0.25, 0.3) is 0 Å². The maximum Gasteiger partial charge on any atom is 0.421 e. The maximum absolute atomic E-state index is 13.1. The van der Waals surface area contributed by atoms with Gasteiger partial charge in [-0.2, -0.15) is 13.2 Å². The number of alkyl halides is 3. The topological polar surface area (TPSA) is 51.2 Å². The number of carbonyl (C=O) groups excluding carboxylic acids is 1. The van der Waals surface area contributed by atoms with Gasteiger partial charge in [-0.3, -0.25) is 4.79 Å². The van der Waals surface area contributed by atoms with Gasteiger partial charge in [-0.05, 0) is 31.7 Å². The Bertz CT molecular complexity index is 591. The molecule has 2 aliphatic rings. The van der Waals surface area contributed by atoms with Gasteiger partial charge in [0.2, 0.25) is 5.88 Å². The molecule has 1 aromatic rings. The van der Waals surface area contributed by atoms with Crippen LogP contribution in [0, 0.1) is 5.92 Å².